The van der Waals surface area contributed by atoms with E-state index >= 15 is 0 Å². The highest BCUT2D eigenvalue weighted by Crippen LogP contribution is 2.26. The molecule has 11 unspecified atom stereocenters. The Morgan fingerprint density at radius 2 is 0.984 bits per heavy atom. The molecule has 2 aliphatic rings. The second-order valence-corrected chi connectivity index (χ2v) is 16.6. The van der Waals surface area contributed by atoms with Gasteiger partial charge >= 0.3 is 11.9 Å². The third-order valence-electron chi connectivity index (χ3n) is 11.0. The minimum atomic E-state index is -1.77. The van der Waals surface area contributed by atoms with Gasteiger partial charge in [0.25, 0.3) is 0 Å². The van der Waals surface area contributed by atoms with Crippen LogP contribution in [0.3, 0.4) is 0 Å². The van der Waals surface area contributed by atoms with Crippen LogP contribution in [-0.4, -0.2) is 142 Å². The van der Waals surface area contributed by atoms with E-state index in [0.717, 1.165) is 51.4 Å². The molecule has 15 nitrogen and oxygen atoms in total. The number of carbonyl (C=O) groups excluding carboxylic acids is 2. The fraction of sp³-hybridized carbons (Fsp3) is 0.755. The van der Waals surface area contributed by atoms with E-state index in [0.29, 0.717) is 19.3 Å². The number of esters is 2. The normalized spacial score (nSPS) is 27.1. The zero-order valence-electron chi connectivity index (χ0n) is 38.5. The summed E-state index contributed by atoms with van der Waals surface area (Å²) in [5.41, 5.74) is 0. The summed E-state index contributed by atoms with van der Waals surface area (Å²) in [5.74, 6) is -0.998. The van der Waals surface area contributed by atoms with Gasteiger partial charge in [-0.25, -0.2) is 0 Å². The van der Waals surface area contributed by atoms with E-state index in [1.807, 2.05) is 12.2 Å². The van der Waals surface area contributed by atoms with E-state index in [9.17, 15) is 45.3 Å². The Morgan fingerprint density at radius 3 is 1.53 bits per heavy atom. The van der Waals surface area contributed by atoms with Crippen LogP contribution in [0, 0.1) is 0 Å². The lowest BCUT2D eigenvalue weighted by atomic mass is 9.98. The van der Waals surface area contributed by atoms with Gasteiger partial charge in [0.2, 0.25) is 0 Å². The lowest BCUT2D eigenvalue weighted by molar-refractivity contribution is -0.332. The predicted octanol–water partition coefficient (Wildman–Crippen LogP) is 5.70. The molecule has 0 spiro atoms. The first-order chi connectivity index (χ1) is 31.0. The number of aliphatic hydroxyl groups is 7. The number of hydrogen-bond acceptors (Lipinski definition) is 15. The molecule has 11 atom stereocenters. The van der Waals surface area contributed by atoms with Crippen LogP contribution in [0.2, 0.25) is 0 Å². The first kappa shape index (κ1) is 57.3. The predicted molar refractivity (Wildman–Crippen MR) is 243 cm³/mol. The van der Waals surface area contributed by atoms with Crippen molar-refractivity contribution < 1.29 is 73.8 Å². The fourth-order valence-electron chi connectivity index (χ4n) is 7.07. The van der Waals surface area contributed by atoms with Crippen LogP contribution in [0.15, 0.2) is 60.8 Å². The van der Waals surface area contributed by atoms with Gasteiger partial charge < -0.3 is 64.2 Å². The first-order valence-corrected chi connectivity index (χ1v) is 23.9. The average molecular weight is 911 g/mol. The lowest BCUT2D eigenvalue weighted by Gasteiger charge is -2.42. The highest BCUT2D eigenvalue weighted by atomic mass is 16.7. The topological polar surface area (TPSA) is 231 Å². The van der Waals surface area contributed by atoms with Crippen LogP contribution >= 0.6 is 0 Å². The van der Waals surface area contributed by atoms with Crippen LogP contribution in [0.5, 0.6) is 0 Å². The fourth-order valence-corrected chi connectivity index (χ4v) is 7.07. The van der Waals surface area contributed by atoms with Gasteiger partial charge in [0.1, 0.15) is 55.4 Å². The molecule has 7 N–H and O–H groups in total. The number of aliphatic hydroxyl groups excluding tert-OH is 7. The second-order valence-electron chi connectivity index (χ2n) is 16.6. The SMILES string of the molecule is CCC=CCC=CCC=CCC=CCC=CCCCC(=O)OCC(COC1OC(COC2OC(CO)C(O)C(O)C2O)C(O)C(O)C1O)OC(=O)CCCCCCCCCCCCC. The molecule has 0 aromatic heterocycles. The second kappa shape index (κ2) is 36.3. The molecule has 0 amide bonds. The molecule has 2 fully saturated rings. The summed E-state index contributed by atoms with van der Waals surface area (Å²) in [7, 11) is 0. The highest BCUT2D eigenvalue weighted by Gasteiger charge is 2.47. The third-order valence-corrected chi connectivity index (χ3v) is 11.0. The van der Waals surface area contributed by atoms with E-state index in [1.54, 1.807) is 0 Å². The maximum Gasteiger partial charge on any atom is 0.306 e. The standard InChI is InChI=1S/C49H82O15/c1-3-5-7-9-11-13-15-16-17-18-19-20-22-23-25-27-29-31-40(51)59-34-37(62-41(52)32-30-28-26-24-21-14-12-10-8-6-4-2)35-60-48-47(58)45(56)43(54)39(64-48)36-61-49-46(57)44(55)42(53)38(33-50)63-49/h5,7,11,13,16-17,19-20,23,25,37-39,42-50,53-58H,3-4,6,8-10,12,14-15,18,21-22,24,26-36H2,1-2H3. The maximum absolute atomic E-state index is 12.9. The molecule has 64 heavy (non-hydrogen) atoms. The lowest BCUT2D eigenvalue weighted by Crippen LogP contribution is -2.61. The van der Waals surface area contributed by atoms with E-state index in [4.69, 9.17) is 28.4 Å². The summed E-state index contributed by atoms with van der Waals surface area (Å²) in [5, 5.41) is 71.9. The zero-order valence-corrected chi connectivity index (χ0v) is 38.5. The van der Waals surface area contributed by atoms with Crippen LogP contribution < -0.4 is 0 Å². The molecule has 0 aliphatic carbocycles. The van der Waals surface area contributed by atoms with Gasteiger partial charge in [-0.3, -0.25) is 9.59 Å². The van der Waals surface area contributed by atoms with Crippen molar-refractivity contribution in [2.75, 3.05) is 26.4 Å². The van der Waals surface area contributed by atoms with Gasteiger partial charge in [0.05, 0.1) is 19.8 Å². The van der Waals surface area contributed by atoms with Gasteiger partial charge in [0.15, 0.2) is 18.7 Å². The van der Waals surface area contributed by atoms with Gasteiger partial charge in [-0.05, 0) is 51.4 Å². The molecule has 0 bridgehead atoms. The summed E-state index contributed by atoms with van der Waals surface area (Å²) in [4.78, 5) is 25.6. The summed E-state index contributed by atoms with van der Waals surface area (Å²) in [6.07, 6.45) is 22.7. The number of unbranched alkanes of at least 4 members (excludes halogenated alkanes) is 11. The number of ether oxygens (including phenoxy) is 6. The Morgan fingerprint density at radius 1 is 0.516 bits per heavy atom. The number of allylic oxidation sites excluding steroid dienone is 10. The molecule has 368 valence electrons. The summed E-state index contributed by atoms with van der Waals surface area (Å²) in [6, 6.07) is 0. The van der Waals surface area contributed by atoms with Crippen molar-refractivity contribution in [2.45, 2.75) is 210 Å². The minimum Gasteiger partial charge on any atom is -0.462 e. The first-order valence-electron chi connectivity index (χ1n) is 23.9. The van der Waals surface area contributed by atoms with Gasteiger partial charge in [0, 0.05) is 12.8 Å². The molecule has 15 heteroatoms. The molecule has 2 rings (SSSR count). The molecule has 0 aromatic carbocycles. The molecule has 0 radical (unpaired) electrons. The quantitative estimate of drug-likeness (QED) is 0.0230. The average Bonchev–Trinajstić information content (AvgIpc) is 3.29. The van der Waals surface area contributed by atoms with Crippen molar-refractivity contribution in [3.63, 3.8) is 0 Å². The number of carbonyl (C=O) groups is 2. The maximum atomic E-state index is 12.9. The van der Waals surface area contributed by atoms with Crippen molar-refractivity contribution in [3.05, 3.63) is 60.8 Å². The van der Waals surface area contributed by atoms with Crippen molar-refractivity contribution >= 4 is 11.9 Å². The molecule has 2 heterocycles. The highest BCUT2D eigenvalue weighted by molar-refractivity contribution is 5.70. The van der Waals surface area contributed by atoms with E-state index < -0.39 is 99.3 Å². The molecule has 2 aliphatic heterocycles. The van der Waals surface area contributed by atoms with Crippen LogP contribution in [0.1, 0.15) is 142 Å². The smallest absolute Gasteiger partial charge is 0.306 e. The largest absolute Gasteiger partial charge is 0.462 e. The van der Waals surface area contributed by atoms with Gasteiger partial charge in [-0.15, -0.1) is 0 Å². The van der Waals surface area contributed by atoms with Crippen molar-refractivity contribution in [2.24, 2.45) is 0 Å². The Labute approximate surface area is 381 Å². The molecular weight excluding hydrogens is 829 g/mol. The molecule has 0 aromatic rings. The summed E-state index contributed by atoms with van der Waals surface area (Å²) < 4.78 is 33.4. The van der Waals surface area contributed by atoms with Crippen molar-refractivity contribution in [1.82, 2.24) is 0 Å². The Balaban J connectivity index is 1.86. The van der Waals surface area contributed by atoms with Crippen LogP contribution in [0.25, 0.3) is 0 Å². The van der Waals surface area contributed by atoms with Crippen molar-refractivity contribution in [1.29, 1.82) is 0 Å². The Hall–Kier alpha value is -2.80. The van der Waals surface area contributed by atoms with E-state index in [2.05, 4.69) is 62.5 Å². The Kier molecular flexibility index (Phi) is 32.5. The molecule has 2 saturated heterocycles. The molecule has 0 saturated carbocycles. The van der Waals surface area contributed by atoms with E-state index in [1.165, 1.54) is 44.9 Å². The Bertz CT molecular complexity index is 1350. The van der Waals surface area contributed by atoms with Crippen LogP contribution in [-0.2, 0) is 38.0 Å². The van der Waals surface area contributed by atoms with Gasteiger partial charge in [-0.1, -0.05) is 139 Å². The summed E-state index contributed by atoms with van der Waals surface area (Å²) in [6.45, 7) is 2.38. The van der Waals surface area contributed by atoms with Crippen LogP contribution in [0.4, 0.5) is 0 Å². The van der Waals surface area contributed by atoms with Crippen molar-refractivity contribution in [3.8, 4) is 0 Å². The number of rotatable bonds is 35. The third kappa shape index (κ3) is 24.6. The van der Waals surface area contributed by atoms with Gasteiger partial charge in [-0.2, -0.15) is 0 Å². The summed E-state index contributed by atoms with van der Waals surface area (Å²) >= 11 is 0. The monoisotopic (exact) mass is 911 g/mol. The van der Waals surface area contributed by atoms with E-state index in [-0.39, 0.29) is 19.4 Å². The zero-order chi connectivity index (χ0) is 46.8. The minimum absolute atomic E-state index is 0.138. The molecular formula is C49H82O15. The number of hydrogen-bond donors (Lipinski definition) is 7.